The molecule has 21 heavy (non-hydrogen) atoms. The fourth-order valence-electron chi connectivity index (χ4n) is 2.01. The lowest BCUT2D eigenvalue weighted by Crippen LogP contribution is -2.14. The van der Waals surface area contributed by atoms with Gasteiger partial charge in [0.15, 0.2) is 6.29 Å². The van der Waals surface area contributed by atoms with E-state index in [2.05, 4.69) is 17.2 Å². The molecular weight excluding hydrogens is 311 g/mol. The molecule has 0 saturated carbocycles. The van der Waals surface area contributed by atoms with Crippen molar-refractivity contribution in [3.8, 4) is 0 Å². The van der Waals surface area contributed by atoms with Crippen molar-refractivity contribution >= 4 is 20.5 Å². The number of phosphoric acid groups is 1. The standard InChI is InChI=1S/C14H31O5PS/c1-3-10-14(15)19-20(16,17)18-13(2)11-8-6-4-5-7-9-12-21/h13-15,21H,3-12H2,1-2H3,(H,16,17). The molecule has 3 atom stereocenters. The predicted molar refractivity (Wildman–Crippen MR) is 88.5 cm³/mol. The van der Waals surface area contributed by atoms with Crippen molar-refractivity contribution in [3.63, 3.8) is 0 Å². The fourth-order valence-corrected chi connectivity index (χ4v) is 3.26. The zero-order valence-electron chi connectivity index (χ0n) is 13.2. The van der Waals surface area contributed by atoms with Crippen LogP contribution < -0.4 is 0 Å². The summed E-state index contributed by atoms with van der Waals surface area (Å²) in [5.74, 6) is 0.945. The molecule has 128 valence electrons. The Balaban J connectivity index is 3.71. The van der Waals surface area contributed by atoms with Crippen LogP contribution in [0.15, 0.2) is 0 Å². The second kappa shape index (κ2) is 12.9. The molecule has 3 unspecified atom stereocenters. The van der Waals surface area contributed by atoms with E-state index in [4.69, 9.17) is 4.52 Å². The molecule has 2 N–H and O–H groups in total. The van der Waals surface area contributed by atoms with Crippen LogP contribution in [0.3, 0.4) is 0 Å². The van der Waals surface area contributed by atoms with Crippen LogP contribution in [0.5, 0.6) is 0 Å². The Morgan fingerprint density at radius 2 is 1.62 bits per heavy atom. The van der Waals surface area contributed by atoms with Gasteiger partial charge < -0.3 is 10.00 Å². The largest absolute Gasteiger partial charge is 0.474 e. The summed E-state index contributed by atoms with van der Waals surface area (Å²) < 4.78 is 21.3. The smallest absolute Gasteiger partial charge is 0.367 e. The van der Waals surface area contributed by atoms with Crippen molar-refractivity contribution in [2.24, 2.45) is 0 Å². The number of unbranched alkanes of at least 4 members (excludes halogenated alkanes) is 5. The summed E-state index contributed by atoms with van der Waals surface area (Å²) in [4.78, 5) is 9.53. The van der Waals surface area contributed by atoms with Gasteiger partial charge in [-0.2, -0.15) is 12.6 Å². The van der Waals surface area contributed by atoms with E-state index < -0.39 is 14.1 Å². The fraction of sp³-hybridized carbons (Fsp3) is 1.00. The first kappa shape index (κ1) is 21.4. The third-order valence-electron chi connectivity index (χ3n) is 3.12. The van der Waals surface area contributed by atoms with Gasteiger partial charge in [-0.25, -0.2) is 4.57 Å². The van der Waals surface area contributed by atoms with Gasteiger partial charge in [-0.1, -0.05) is 45.4 Å². The third kappa shape index (κ3) is 13.8. The monoisotopic (exact) mass is 342 g/mol. The quantitative estimate of drug-likeness (QED) is 0.190. The molecule has 0 heterocycles. The van der Waals surface area contributed by atoms with Crippen molar-refractivity contribution in [2.75, 3.05) is 5.75 Å². The number of hydrogen-bond donors (Lipinski definition) is 3. The maximum Gasteiger partial charge on any atom is 0.474 e. The topological polar surface area (TPSA) is 76.0 Å². The van der Waals surface area contributed by atoms with Crippen molar-refractivity contribution in [2.45, 2.75) is 84.0 Å². The lowest BCUT2D eigenvalue weighted by atomic mass is 10.1. The van der Waals surface area contributed by atoms with Gasteiger partial charge in [0.05, 0.1) is 6.10 Å². The predicted octanol–water partition coefficient (Wildman–Crippen LogP) is 4.29. The Morgan fingerprint density at radius 1 is 1.05 bits per heavy atom. The zero-order chi connectivity index (χ0) is 16.1. The molecule has 0 aromatic rings. The average molecular weight is 342 g/mol. The summed E-state index contributed by atoms with van der Waals surface area (Å²) in [6.45, 7) is 3.61. The Bertz CT molecular complexity index is 291. The molecule has 7 heteroatoms. The molecule has 0 aliphatic carbocycles. The molecule has 0 bridgehead atoms. The second-order valence-electron chi connectivity index (χ2n) is 5.37. The minimum absolute atomic E-state index is 0.314. The average Bonchev–Trinajstić information content (AvgIpc) is 2.36. The SMILES string of the molecule is CCCC(O)OP(=O)(O)OC(C)CCCCCCCCS. The number of thiol groups is 1. The van der Waals surface area contributed by atoms with Crippen LogP contribution >= 0.6 is 20.5 Å². The van der Waals surface area contributed by atoms with Crippen molar-refractivity contribution in [1.29, 1.82) is 0 Å². The van der Waals surface area contributed by atoms with Crippen molar-refractivity contribution in [1.82, 2.24) is 0 Å². The van der Waals surface area contributed by atoms with Gasteiger partial charge >= 0.3 is 7.82 Å². The molecule has 0 saturated heterocycles. The van der Waals surface area contributed by atoms with Crippen LogP contribution in [0.2, 0.25) is 0 Å². The van der Waals surface area contributed by atoms with E-state index in [0.29, 0.717) is 19.3 Å². The molecule has 0 radical (unpaired) electrons. The molecule has 0 aliphatic heterocycles. The van der Waals surface area contributed by atoms with Crippen LogP contribution in [0, 0.1) is 0 Å². The Kier molecular flexibility index (Phi) is 13.2. The molecule has 0 fully saturated rings. The maximum absolute atomic E-state index is 11.7. The Morgan fingerprint density at radius 3 is 2.19 bits per heavy atom. The summed E-state index contributed by atoms with van der Waals surface area (Å²) in [5, 5.41) is 9.37. The molecule has 0 aromatic carbocycles. The summed E-state index contributed by atoms with van der Waals surface area (Å²) in [6.07, 6.45) is 6.90. The van der Waals surface area contributed by atoms with Crippen molar-refractivity contribution in [3.05, 3.63) is 0 Å². The van der Waals surface area contributed by atoms with E-state index in [-0.39, 0.29) is 6.10 Å². The Labute approximate surface area is 134 Å². The van der Waals surface area contributed by atoms with Crippen LogP contribution in [-0.4, -0.2) is 28.1 Å². The van der Waals surface area contributed by atoms with Crippen LogP contribution in [0.25, 0.3) is 0 Å². The van der Waals surface area contributed by atoms with E-state index in [0.717, 1.165) is 25.0 Å². The minimum atomic E-state index is -4.16. The van der Waals surface area contributed by atoms with Gasteiger partial charge in [0, 0.05) is 0 Å². The number of rotatable bonds is 14. The molecule has 0 rings (SSSR count). The summed E-state index contributed by atoms with van der Waals surface area (Å²) in [5.41, 5.74) is 0. The lowest BCUT2D eigenvalue weighted by Gasteiger charge is -2.19. The number of phosphoric ester groups is 1. The first-order chi connectivity index (χ1) is 9.91. The second-order valence-corrected chi connectivity index (χ2v) is 7.17. The number of aliphatic hydroxyl groups is 1. The normalized spacial score (nSPS) is 17.4. The highest BCUT2D eigenvalue weighted by atomic mass is 32.1. The highest BCUT2D eigenvalue weighted by molar-refractivity contribution is 7.80. The van der Waals surface area contributed by atoms with Gasteiger partial charge in [0.25, 0.3) is 0 Å². The van der Waals surface area contributed by atoms with E-state index >= 15 is 0 Å². The van der Waals surface area contributed by atoms with E-state index in [1.807, 2.05) is 6.92 Å². The Hall–Kier alpha value is 0.420. The van der Waals surface area contributed by atoms with E-state index in [1.54, 1.807) is 6.92 Å². The highest BCUT2D eigenvalue weighted by Crippen LogP contribution is 2.46. The van der Waals surface area contributed by atoms with E-state index in [9.17, 15) is 14.6 Å². The first-order valence-corrected chi connectivity index (χ1v) is 10.0. The van der Waals surface area contributed by atoms with Crippen LogP contribution in [0.1, 0.15) is 71.6 Å². The number of aliphatic hydroxyl groups excluding tert-OH is 1. The van der Waals surface area contributed by atoms with Crippen LogP contribution in [-0.2, 0) is 13.6 Å². The summed E-state index contributed by atoms with van der Waals surface area (Å²) in [7, 11) is -4.16. The third-order valence-corrected chi connectivity index (χ3v) is 4.57. The van der Waals surface area contributed by atoms with E-state index in [1.165, 1.54) is 19.3 Å². The van der Waals surface area contributed by atoms with Gasteiger partial charge in [-0.15, -0.1) is 0 Å². The summed E-state index contributed by atoms with van der Waals surface area (Å²) >= 11 is 4.17. The van der Waals surface area contributed by atoms with Gasteiger partial charge in [-0.05, 0) is 31.9 Å². The van der Waals surface area contributed by atoms with Gasteiger partial charge in [0.1, 0.15) is 0 Å². The molecule has 0 aromatic heterocycles. The minimum Gasteiger partial charge on any atom is -0.367 e. The number of hydrogen-bond acceptors (Lipinski definition) is 5. The molecule has 5 nitrogen and oxygen atoms in total. The van der Waals surface area contributed by atoms with Crippen LogP contribution in [0.4, 0.5) is 0 Å². The van der Waals surface area contributed by atoms with Crippen molar-refractivity contribution < 1.29 is 23.6 Å². The molecule has 0 spiro atoms. The molecule has 0 amide bonds. The lowest BCUT2D eigenvalue weighted by molar-refractivity contribution is -0.0519. The maximum atomic E-state index is 11.7. The van der Waals surface area contributed by atoms with Gasteiger partial charge in [-0.3, -0.25) is 9.05 Å². The summed E-state index contributed by atoms with van der Waals surface area (Å²) in [6, 6.07) is 0. The van der Waals surface area contributed by atoms with Gasteiger partial charge in [0.2, 0.25) is 0 Å². The highest BCUT2D eigenvalue weighted by Gasteiger charge is 2.27. The molecule has 0 aliphatic rings. The molecular formula is C14H31O5PS. The zero-order valence-corrected chi connectivity index (χ0v) is 15.0. The first-order valence-electron chi connectivity index (χ1n) is 7.89.